The van der Waals surface area contributed by atoms with E-state index in [1.807, 2.05) is 4.90 Å². The first-order chi connectivity index (χ1) is 13.3. The number of benzene rings is 1. The third kappa shape index (κ3) is 4.59. The molecule has 1 N–H and O–H groups in total. The normalized spacial score (nSPS) is 15.5. The SMILES string of the molecule is CCN1CCN(c2nc(C)cc(C(=O)Nc3ccccc3C(F)(F)F)n2)CC1. The smallest absolute Gasteiger partial charge is 0.338 e. The number of likely N-dealkylation sites (N-methyl/N-ethyl adjacent to an activating group) is 1. The molecule has 1 fully saturated rings. The van der Waals surface area contributed by atoms with Crippen LogP contribution in [0.15, 0.2) is 30.3 Å². The van der Waals surface area contributed by atoms with Crippen LogP contribution in [0.3, 0.4) is 0 Å². The minimum absolute atomic E-state index is 0.0393. The predicted octanol–water partition coefficient (Wildman–Crippen LogP) is 3.20. The molecule has 0 aliphatic carbocycles. The Balaban J connectivity index is 1.81. The summed E-state index contributed by atoms with van der Waals surface area (Å²) in [6.07, 6.45) is -4.56. The molecule has 3 rings (SSSR count). The van der Waals surface area contributed by atoms with Gasteiger partial charge in [0.2, 0.25) is 5.95 Å². The number of carbonyl (C=O) groups is 1. The van der Waals surface area contributed by atoms with Crippen molar-refractivity contribution in [2.75, 3.05) is 42.9 Å². The summed E-state index contributed by atoms with van der Waals surface area (Å²) in [5.74, 6) is -0.277. The van der Waals surface area contributed by atoms with Crippen molar-refractivity contribution < 1.29 is 18.0 Å². The lowest BCUT2D eigenvalue weighted by Gasteiger charge is -2.34. The molecule has 1 aliphatic heterocycles. The molecule has 9 heteroatoms. The maximum absolute atomic E-state index is 13.1. The van der Waals surface area contributed by atoms with Gasteiger partial charge in [-0.3, -0.25) is 4.79 Å². The number of halogens is 3. The topological polar surface area (TPSA) is 61.4 Å². The highest BCUT2D eigenvalue weighted by atomic mass is 19.4. The van der Waals surface area contributed by atoms with Crippen LogP contribution in [0.25, 0.3) is 0 Å². The van der Waals surface area contributed by atoms with E-state index in [2.05, 4.69) is 27.1 Å². The zero-order valence-electron chi connectivity index (χ0n) is 15.8. The number of anilines is 2. The van der Waals surface area contributed by atoms with Crippen molar-refractivity contribution in [1.29, 1.82) is 0 Å². The molecule has 0 bridgehead atoms. The Morgan fingerprint density at radius 3 is 2.46 bits per heavy atom. The molecule has 1 amide bonds. The van der Waals surface area contributed by atoms with Crippen LogP contribution >= 0.6 is 0 Å². The zero-order chi connectivity index (χ0) is 20.3. The van der Waals surface area contributed by atoms with E-state index in [9.17, 15) is 18.0 Å². The van der Waals surface area contributed by atoms with Gasteiger partial charge in [-0.2, -0.15) is 13.2 Å². The summed E-state index contributed by atoms with van der Waals surface area (Å²) >= 11 is 0. The van der Waals surface area contributed by atoms with Gasteiger partial charge in [-0.15, -0.1) is 0 Å². The van der Waals surface area contributed by atoms with E-state index in [-0.39, 0.29) is 11.4 Å². The van der Waals surface area contributed by atoms with Gasteiger partial charge in [0.05, 0.1) is 11.3 Å². The van der Waals surface area contributed by atoms with Gasteiger partial charge in [-0.1, -0.05) is 19.1 Å². The maximum atomic E-state index is 13.1. The van der Waals surface area contributed by atoms with E-state index in [0.717, 1.165) is 38.8 Å². The first-order valence-corrected chi connectivity index (χ1v) is 9.08. The molecule has 1 saturated heterocycles. The van der Waals surface area contributed by atoms with Gasteiger partial charge < -0.3 is 15.1 Å². The molecule has 2 aromatic rings. The number of amides is 1. The molecule has 150 valence electrons. The van der Waals surface area contributed by atoms with Crippen LogP contribution in [0, 0.1) is 6.92 Å². The summed E-state index contributed by atoms with van der Waals surface area (Å²) in [5, 5.41) is 2.33. The summed E-state index contributed by atoms with van der Waals surface area (Å²) in [6.45, 7) is 8.00. The van der Waals surface area contributed by atoms with E-state index in [1.165, 1.54) is 24.3 Å². The summed E-state index contributed by atoms with van der Waals surface area (Å²) in [5.41, 5.74) is -0.575. The van der Waals surface area contributed by atoms with Crippen LogP contribution < -0.4 is 10.2 Å². The highest BCUT2D eigenvalue weighted by Crippen LogP contribution is 2.34. The third-order valence-corrected chi connectivity index (χ3v) is 4.66. The van der Waals surface area contributed by atoms with Crippen molar-refractivity contribution in [1.82, 2.24) is 14.9 Å². The quantitative estimate of drug-likeness (QED) is 0.865. The van der Waals surface area contributed by atoms with Crippen LogP contribution in [0.4, 0.5) is 24.8 Å². The average Bonchev–Trinajstić information content (AvgIpc) is 2.67. The molecule has 6 nitrogen and oxygen atoms in total. The number of aryl methyl sites for hydroxylation is 1. The van der Waals surface area contributed by atoms with Crippen molar-refractivity contribution >= 4 is 17.5 Å². The van der Waals surface area contributed by atoms with Crippen LogP contribution in [-0.4, -0.2) is 53.5 Å². The molecule has 0 atom stereocenters. The van der Waals surface area contributed by atoms with Gasteiger partial charge in [0, 0.05) is 31.9 Å². The Morgan fingerprint density at radius 1 is 1.14 bits per heavy atom. The fourth-order valence-corrected chi connectivity index (χ4v) is 3.10. The zero-order valence-corrected chi connectivity index (χ0v) is 15.8. The summed E-state index contributed by atoms with van der Waals surface area (Å²) in [4.78, 5) is 25.6. The molecule has 0 spiro atoms. The second kappa shape index (κ2) is 8.14. The lowest BCUT2D eigenvalue weighted by atomic mass is 10.1. The number of piperazine rings is 1. The molecule has 0 radical (unpaired) electrons. The third-order valence-electron chi connectivity index (χ3n) is 4.66. The average molecular weight is 393 g/mol. The highest BCUT2D eigenvalue weighted by Gasteiger charge is 2.33. The molecular formula is C19H22F3N5O. The lowest BCUT2D eigenvalue weighted by Crippen LogP contribution is -2.47. The summed E-state index contributed by atoms with van der Waals surface area (Å²) in [6, 6.07) is 6.34. The fourth-order valence-electron chi connectivity index (χ4n) is 3.10. The number of aromatic nitrogens is 2. The van der Waals surface area contributed by atoms with Crippen molar-refractivity contribution in [3.8, 4) is 0 Å². The molecule has 1 aliphatic rings. The molecule has 2 heterocycles. The van der Waals surface area contributed by atoms with E-state index in [1.54, 1.807) is 6.92 Å². The lowest BCUT2D eigenvalue weighted by molar-refractivity contribution is -0.136. The van der Waals surface area contributed by atoms with E-state index >= 15 is 0 Å². The molecule has 28 heavy (non-hydrogen) atoms. The number of nitrogens with zero attached hydrogens (tertiary/aromatic N) is 4. The van der Waals surface area contributed by atoms with E-state index < -0.39 is 17.6 Å². The summed E-state index contributed by atoms with van der Waals surface area (Å²) < 4.78 is 39.4. The van der Waals surface area contributed by atoms with Gasteiger partial charge in [-0.25, -0.2) is 9.97 Å². The number of hydrogen-bond donors (Lipinski definition) is 1. The molecule has 0 saturated carbocycles. The van der Waals surface area contributed by atoms with Crippen molar-refractivity contribution in [2.45, 2.75) is 20.0 Å². The number of hydrogen-bond acceptors (Lipinski definition) is 5. The maximum Gasteiger partial charge on any atom is 0.418 e. The first-order valence-electron chi connectivity index (χ1n) is 9.08. The number of rotatable bonds is 4. The van der Waals surface area contributed by atoms with Crippen molar-refractivity contribution in [2.24, 2.45) is 0 Å². The number of nitrogens with one attached hydrogen (secondary N) is 1. The number of para-hydroxylation sites is 1. The van der Waals surface area contributed by atoms with E-state index in [0.29, 0.717) is 11.6 Å². The van der Waals surface area contributed by atoms with Crippen LogP contribution in [-0.2, 0) is 6.18 Å². The standard InChI is InChI=1S/C19H22F3N5O/c1-3-26-8-10-27(11-9-26)18-23-13(2)12-16(25-18)17(28)24-15-7-5-4-6-14(15)19(20,21)22/h4-7,12H,3,8-11H2,1-2H3,(H,24,28). The molecular weight excluding hydrogens is 371 g/mol. The van der Waals surface area contributed by atoms with Gasteiger partial charge in [0.1, 0.15) is 5.69 Å². The largest absolute Gasteiger partial charge is 0.418 e. The fraction of sp³-hybridized carbons (Fsp3) is 0.421. The first kappa shape index (κ1) is 20.1. The predicted molar refractivity (Wildman–Crippen MR) is 100 cm³/mol. The summed E-state index contributed by atoms with van der Waals surface area (Å²) in [7, 11) is 0. The highest BCUT2D eigenvalue weighted by molar-refractivity contribution is 6.03. The van der Waals surface area contributed by atoms with Gasteiger partial charge in [-0.05, 0) is 31.7 Å². The Morgan fingerprint density at radius 2 is 1.82 bits per heavy atom. The molecule has 1 aromatic heterocycles. The number of alkyl halides is 3. The second-order valence-corrected chi connectivity index (χ2v) is 6.61. The molecule has 0 unspecified atom stereocenters. The van der Waals surface area contributed by atoms with E-state index in [4.69, 9.17) is 0 Å². The minimum atomic E-state index is -4.56. The minimum Gasteiger partial charge on any atom is -0.338 e. The van der Waals surface area contributed by atoms with Crippen LogP contribution in [0.5, 0.6) is 0 Å². The Hall–Kier alpha value is -2.68. The number of carbonyl (C=O) groups excluding carboxylic acids is 1. The monoisotopic (exact) mass is 393 g/mol. The van der Waals surface area contributed by atoms with Gasteiger partial charge in [0.25, 0.3) is 5.91 Å². The van der Waals surface area contributed by atoms with Gasteiger partial charge in [0.15, 0.2) is 0 Å². The van der Waals surface area contributed by atoms with Crippen LogP contribution in [0.2, 0.25) is 0 Å². The van der Waals surface area contributed by atoms with Crippen molar-refractivity contribution in [3.05, 3.63) is 47.3 Å². The molecule has 1 aromatic carbocycles. The van der Waals surface area contributed by atoms with Crippen LogP contribution in [0.1, 0.15) is 28.7 Å². The van der Waals surface area contributed by atoms with Gasteiger partial charge >= 0.3 is 6.18 Å². The Kier molecular flexibility index (Phi) is 5.83. The Bertz CT molecular complexity index is 848. The Labute approximate surface area is 161 Å². The second-order valence-electron chi connectivity index (χ2n) is 6.61. The van der Waals surface area contributed by atoms with Crippen molar-refractivity contribution in [3.63, 3.8) is 0 Å².